The zero-order chi connectivity index (χ0) is 15.0. The zero-order valence-electron chi connectivity index (χ0n) is 12.3. The van der Waals surface area contributed by atoms with Gasteiger partial charge in [0.05, 0.1) is 11.0 Å². The van der Waals surface area contributed by atoms with Crippen LogP contribution in [0.1, 0.15) is 39.2 Å². The van der Waals surface area contributed by atoms with Gasteiger partial charge < -0.3 is 5.11 Å². The van der Waals surface area contributed by atoms with Crippen molar-refractivity contribution in [2.24, 2.45) is 5.41 Å². The highest BCUT2D eigenvalue weighted by molar-refractivity contribution is 7.89. The lowest BCUT2D eigenvalue weighted by atomic mass is 9.85. The van der Waals surface area contributed by atoms with Crippen LogP contribution in [0.4, 0.5) is 0 Å². The van der Waals surface area contributed by atoms with Gasteiger partial charge in [0, 0.05) is 6.04 Å². The molecule has 1 aliphatic rings. The van der Waals surface area contributed by atoms with Crippen molar-refractivity contribution in [1.29, 1.82) is 0 Å². The van der Waals surface area contributed by atoms with Gasteiger partial charge in [-0.3, -0.25) is 0 Å². The average molecular weight is 297 g/mol. The van der Waals surface area contributed by atoms with Crippen LogP contribution in [0, 0.1) is 5.41 Å². The molecule has 1 aromatic rings. The first-order valence-corrected chi connectivity index (χ1v) is 8.46. The minimum Gasteiger partial charge on any atom is -0.392 e. The lowest BCUT2D eigenvalue weighted by Gasteiger charge is -2.25. The molecule has 0 amide bonds. The van der Waals surface area contributed by atoms with E-state index in [9.17, 15) is 13.5 Å². The minimum absolute atomic E-state index is 0.113. The van der Waals surface area contributed by atoms with Crippen molar-refractivity contribution < 1.29 is 13.5 Å². The van der Waals surface area contributed by atoms with Crippen molar-refractivity contribution in [3.63, 3.8) is 0 Å². The summed E-state index contributed by atoms with van der Waals surface area (Å²) in [7, 11) is -3.38. The fraction of sp³-hybridized carbons (Fsp3) is 0.600. The maximum absolute atomic E-state index is 12.0. The predicted molar refractivity (Wildman–Crippen MR) is 79.0 cm³/mol. The summed E-state index contributed by atoms with van der Waals surface area (Å²) >= 11 is 0. The highest BCUT2D eigenvalue weighted by Crippen LogP contribution is 2.24. The standard InChI is InChI=1S/C15H23NO3S/c1-15(2,3)14(17)10-11-4-8-13(9-5-11)20(18,19)16-12-6-7-12/h4-5,8-9,12,14,16-17H,6-7,10H2,1-3H3. The van der Waals surface area contributed by atoms with Crippen molar-refractivity contribution in [2.45, 2.75) is 57.1 Å². The lowest BCUT2D eigenvalue weighted by Crippen LogP contribution is -2.28. The second-order valence-corrected chi connectivity index (χ2v) is 8.34. The minimum atomic E-state index is -3.38. The van der Waals surface area contributed by atoms with E-state index in [4.69, 9.17) is 0 Å². The van der Waals surface area contributed by atoms with E-state index in [1.54, 1.807) is 24.3 Å². The molecule has 5 heteroatoms. The molecule has 0 saturated heterocycles. The Morgan fingerprint density at radius 3 is 2.25 bits per heavy atom. The van der Waals surface area contributed by atoms with E-state index < -0.39 is 16.1 Å². The largest absolute Gasteiger partial charge is 0.392 e. The highest BCUT2D eigenvalue weighted by atomic mass is 32.2. The van der Waals surface area contributed by atoms with Crippen molar-refractivity contribution in [1.82, 2.24) is 4.72 Å². The van der Waals surface area contributed by atoms with Gasteiger partial charge in [-0.25, -0.2) is 13.1 Å². The van der Waals surface area contributed by atoms with E-state index in [0.717, 1.165) is 18.4 Å². The van der Waals surface area contributed by atoms with Gasteiger partial charge in [-0.1, -0.05) is 32.9 Å². The Kier molecular flexibility index (Phi) is 4.23. The molecule has 0 heterocycles. The number of nitrogens with one attached hydrogen (secondary N) is 1. The molecule has 2 rings (SSSR count). The lowest BCUT2D eigenvalue weighted by molar-refractivity contribution is 0.0636. The van der Waals surface area contributed by atoms with Crippen molar-refractivity contribution in [2.75, 3.05) is 0 Å². The summed E-state index contributed by atoms with van der Waals surface area (Å²) in [4.78, 5) is 0.290. The molecule has 1 atom stereocenters. The molecule has 0 bridgehead atoms. The fourth-order valence-electron chi connectivity index (χ4n) is 1.82. The van der Waals surface area contributed by atoms with Crippen LogP contribution in [0.3, 0.4) is 0 Å². The first-order valence-electron chi connectivity index (χ1n) is 6.98. The van der Waals surface area contributed by atoms with Crippen LogP contribution in [-0.4, -0.2) is 25.7 Å². The summed E-state index contributed by atoms with van der Waals surface area (Å²) in [6.07, 6.45) is 1.93. The molecule has 1 aromatic carbocycles. The Morgan fingerprint density at radius 1 is 1.25 bits per heavy atom. The number of aliphatic hydroxyl groups is 1. The van der Waals surface area contributed by atoms with E-state index in [2.05, 4.69) is 4.72 Å². The molecular formula is C15H23NO3S. The van der Waals surface area contributed by atoms with Gasteiger partial charge in [-0.05, 0) is 42.4 Å². The molecule has 2 N–H and O–H groups in total. The Morgan fingerprint density at radius 2 is 1.80 bits per heavy atom. The average Bonchev–Trinajstić information content (AvgIpc) is 3.11. The van der Waals surface area contributed by atoms with E-state index in [0.29, 0.717) is 11.3 Å². The Balaban J connectivity index is 2.06. The third-order valence-electron chi connectivity index (χ3n) is 3.56. The van der Waals surface area contributed by atoms with Gasteiger partial charge in [-0.2, -0.15) is 0 Å². The predicted octanol–water partition coefficient (Wildman–Crippen LogP) is 2.08. The molecule has 0 aliphatic heterocycles. The number of rotatable bonds is 5. The van der Waals surface area contributed by atoms with Crippen molar-refractivity contribution >= 4 is 10.0 Å². The number of hydrogen-bond acceptors (Lipinski definition) is 3. The third kappa shape index (κ3) is 4.04. The SMILES string of the molecule is CC(C)(C)C(O)Cc1ccc(S(=O)(=O)NC2CC2)cc1. The number of aliphatic hydroxyl groups excluding tert-OH is 1. The van der Waals surface area contributed by atoms with Crippen LogP contribution in [0.25, 0.3) is 0 Å². The van der Waals surface area contributed by atoms with Gasteiger partial charge in [0.15, 0.2) is 0 Å². The van der Waals surface area contributed by atoms with E-state index >= 15 is 0 Å². The topological polar surface area (TPSA) is 66.4 Å². The van der Waals surface area contributed by atoms with E-state index in [-0.39, 0.29) is 11.5 Å². The summed E-state index contributed by atoms with van der Waals surface area (Å²) < 4.78 is 26.7. The van der Waals surface area contributed by atoms with E-state index in [1.165, 1.54) is 0 Å². The Labute approximate surface area is 121 Å². The molecular weight excluding hydrogens is 274 g/mol. The van der Waals surface area contributed by atoms with Crippen LogP contribution in [0.5, 0.6) is 0 Å². The van der Waals surface area contributed by atoms with Gasteiger partial charge in [0.25, 0.3) is 0 Å². The van der Waals surface area contributed by atoms with Crippen LogP contribution in [0.2, 0.25) is 0 Å². The van der Waals surface area contributed by atoms with Crippen molar-refractivity contribution in [3.05, 3.63) is 29.8 Å². The Hall–Kier alpha value is -0.910. The molecule has 1 saturated carbocycles. The number of sulfonamides is 1. The summed E-state index contributed by atoms with van der Waals surface area (Å²) in [6.45, 7) is 5.95. The Bertz CT molecular complexity index is 554. The quantitative estimate of drug-likeness (QED) is 0.874. The van der Waals surface area contributed by atoms with Crippen LogP contribution in [0.15, 0.2) is 29.2 Å². The summed E-state index contributed by atoms with van der Waals surface area (Å²) in [6, 6.07) is 6.87. The maximum Gasteiger partial charge on any atom is 0.240 e. The second kappa shape index (κ2) is 5.47. The first kappa shape index (κ1) is 15.5. The zero-order valence-corrected chi connectivity index (χ0v) is 13.1. The smallest absolute Gasteiger partial charge is 0.240 e. The number of benzene rings is 1. The molecule has 1 aliphatic carbocycles. The number of hydrogen-bond donors (Lipinski definition) is 2. The summed E-state index contributed by atoms with van der Waals surface area (Å²) in [5.74, 6) is 0. The molecule has 1 fully saturated rings. The molecule has 4 nitrogen and oxygen atoms in total. The maximum atomic E-state index is 12.0. The van der Waals surface area contributed by atoms with E-state index in [1.807, 2.05) is 20.8 Å². The van der Waals surface area contributed by atoms with Gasteiger partial charge >= 0.3 is 0 Å². The van der Waals surface area contributed by atoms with Crippen molar-refractivity contribution in [3.8, 4) is 0 Å². The van der Waals surface area contributed by atoms with Crippen LogP contribution in [-0.2, 0) is 16.4 Å². The van der Waals surface area contributed by atoms with Crippen LogP contribution < -0.4 is 4.72 Å². The fourth-order valence-corrected chi connectivity index (χ4v) is 3.13. The van der Waals surface area contributed by atoms with Gasteiger partial charge in [0.1, 0.15) is 0 Å². The van der Waals surface area contributed by atoms with Crippen LogP contribution >= 0.6 is 0 Å². The molecule has 20 heavy (non-hydrogen) atoms. The molecule has 0 radical (unpaired) electrons. The second-order valence-electron chi connectivity index (χ2n) is 6.63. The third-order valence-corrected chi connectivity index (χ3v) is 5.10. The monoisotopic (exact) mass is 297 g/mol. The molecule has 0 aromatic heterocycles. The van der Waals surface area contributed by atoms with Gasteiger partial charge in [0.2, 0.25) is 10.0 Å². The molecule has 1 unspecified atom stereocenters. The summed E-state index contributed by atoms with van der Waals surface area (Å²) in [5.41, 5.74) is 0.760. The normalized spacial score (nSPS) is 18.0. The first-order chi connectivity index (χ1) is 9.18. The molecule has 0 spiro atoms. The highest BCUT2D eigenvalue weighted by Gasteiger charge is 2.28. The molecule has 112 valence electrons. The summed E-state index contributed by atoms with van der Waals surface area (Å²) in [5, 5.41) is 10.1. The van der Waals surface area contributed by atoms with Gasteiger partial charge in [-0.15, -0.1) is 0 Å².